The molecule has 28 heavy (non-hydrogen) atoms. The maximum absolute atomic E-state index is 11.5. The molecular formula is C22H28N2O4. The van der Waals surface area contributed by atoms with Gasteiger partial charge in [0.25, 0.3) is 0 Å². The quantitative estimate of drug-likeness (QED) is 0.559. The zero-order chi connectivity index (χ0) is 19.9. The van der Waals surface area contributed by atoms with Gasteiger partial charge in [-0.3, -0.25) is 9.69 Å². The summed E-state index contributed by atoms with van der Waals surface area (Å²) in [5.41, 5.74) is 1.56. The number of phenols is 2. The molecule has 0 bridgehead atoms. The van der Waals surface area contributed by atoms with Gasteiger partial charge in [0.15, 0.2) is 0 Å². The summed E-state index contributed by atoms with van der Waals surface area (Å²) in [7, 11) is 0. The van der Waals surface area contributed by atoms with Crippen molar-refractivity contribution < 1.29 is 20.1 Å². The van der Waals surface area contributed by atoms with Crippen molar-refractivity contribution in [1.82, 2.24) is 10.2 Å². The number of carbonyl (C=O) groups is 1. The van der Waals surface area contributed by atoms with Crippen molar-refractivity contribution in [3.05, 3.63) is 59.7 Å². The van der Waals surface area contributed by atoms with Crippen LogP contribution < -0.4 is 5.32 Å². The number of aromatic hydroxyl groups is 2. The van der Waals surface area contributed by atoms with Gasteiger partial charge >= 0.3 is 5.97 Å². The first-order chi connectivity index (χ1) is 13.5. The molecule has 6 nitrogen and oxygen atoms in total. The Bertz CT molecular complexity index is 796. The number of aliphatic carboxylic acids is 1. The molecule has 0 heterocycles. The fourth-order valence-corrected chi connectivity index (χ4v) is 4.02. The van der Waals surface area contributed by atoms with E-state index in [1.807, 2.05) is 29.2 Å². The third-order valence-corrected chi connectivity index (χ3v) is 5.45. The molecule has 4 N–H and O–H groups in total. The largest absolute Gasteiger partial charge is 0.508 e. The maximum Gasteiger partial charge on any atom is 0.317 e. The van der Waals surface area contributed by atoms with Crippen LogP contribution in [0.5, 0.6) is 11.5 Å². The van der Waals surface area contributed by atoms with E-state index in [4.69, 9.17) is 0 Å². The van der Waals surface area contributed by atoms with Gasteiger partial charge in [0, 0.05) is 36.3 Å². The highest BCUT2D eigenvalue weighted by atomic mass is 16.4. The SMILES string of the molecule is O=C(O)CN(Cc1ccccc1O)C1CCCCC1NCc1ccccc1O. The van der Waals surface area contributed by atoms with Crippen LogP contribution in [0.2, 0.25) is 0 Å². The van der Waals surface area contributed by atoms with Crippen LogP contribution in [0.25, 0.3) is 0 Å². The first-order valence-corrected chi connectivity index (χ1v) is 9.77. The van der Waals surface area contributed by atoms with Crippen molar-refractivity contribution in [2.45, 2.75) is 50.9 Å². The normalized spacial score (nSPS) is 19.6. The van der Waals surface area contributed by atoms with Gasteiger partial charge in [0.2, 0.25) is 0 Å². The summed E-state index contributed by atoms with van der Waals surface area (Å²) < 4.78 is 0. The van der Waals surface area contributed by atoms with E-state index in [9.17, 15) is 20.1 Å². The van der Waals surface area contributed by atoms with Gasteiger partial charge in [-0.15, -0.1) is 0 Å². The van der Waals surface area contributed by atoms with Crippen LogP contribution >= 0.6 is 0 Å². The van der Waals surface area contributed by atoms with Crippen molar-refractivity contribution >= 4 is 5.97 Å². The zero-order valence-corrected chi connectivity index (χ0v) is 15.9. The van der Waals surface area contributed by atoms with E-state index in [1.54, 1.807) is 24.3 Å². The number of rotatable bonds is 8. The molecule has 0 saturated heterocycles. The van der Waals surface area contributed by atoms with Crippen molar-refractivity contribution in [3.8, 4) is 11.5 Å². The second-order valence-electron chi connectivity index (χ2n) is 7.40. The van der Waals surface area contributed by atoms with Crippen molar-refractivity contribution in [2.24, 2.45) is 0 Å². The lowest BCUT2D eigenvalue weighted by molar-refractivity contribution is -0.139. The minimum Gasteiger partial charge on any atom is -0.508 e. The topological polar surface area (TPSA) is 93.0 Å². The van der Waals surface area contributed by atoms with E-state index in [0.29, 0.717) is 13.1 Å². The van der Waals surface area contributed by atoms with Gasteiger partial charge in [0.05, 0.1) is 6.54 Å². The highest BCUT2D eigenvalue weighted by molar-refractivity contribution is 5.69. The van der Waals surface area contributed by atoms with Crippen LogP contribution in [-0.2, 0) is 17.9 Å². The highest BCUT2D eigenvalue weighted by Crippen LogP contribution is 2.27. The van der Waals surface area contributed by atoms with Crippen LogP contribution in [0.4, 0.5) is 0 Å². The molecule has 2 aromatic carbocycles. The van der Waals surface area contributed by atoms with Gasteiger partial charge in [-0.05, 0) is 25.0 Å². The third kappa shape index (κ3) is 5.24. The number of nitrogens with one attached hydrogen (secondary N) is 1. The molecule has 3 rings (SSSR count). The summed E-state index contributed by atoms with van der Waals surface area (Å²) in [6.07, 6.45) is 4.00. The van der Waals surface area contributed by atoms with E-state index in [-0.39, 0.29) is 30.1 Å². The van der Waals surface area contributed by atoms with Gasteiger partial charge in [-0.1, -0.05) is 49.2 Å². The Morgan fingerprint density at radius 1 is 0.964 bits per heavy atom. The second kappa shape index (κ2) is 9.57. The van der Waals surface area contributed by atoms with Crippen molar-refractivity contribution in [2.75, 3.05) is 6.54 Å². The molecular weight excluding hydrogens is 356 g/mol. The summed E-state index contributed by atoms with van der Waals surface area (Å²) in [5.74, 6) is -0.424. The van der Waals surface area contributed by atoms with Crippen LogP contribution in [0, 0.1) is 0 Å². The molecule has 2 atom stereocenters. The number of carboxylic acids is 1. The van der Waals surface area contributed by atoms with Crippen LogP contribution in [0.1, 0.15) is 36.8 Å². The lowest BCUT2D eigenvalue weighted by atomic mass is 9.88. The number of nitrogens with zero attached hydrogens (tertiary/aromatic N) is 1. The van der Waals surface area contributed by atoms with E-state index in [2.05, 4.69) is 5.32 Å². The lowest BCUT2D eigenvalue weighted by Crippen LogP contribution is -2.52. The molecule has 2 aromatic rings. The monoisotopic (exact) mass is 384 g/mol. The second-order valence-corrected chi connectivity index (χ2v) is 7.40. The molecule has 0 aliphatic heterocycles. The fraction of sp³-hybridized carbons (Fsp3) is 0.409. The van der Waals surface area contributed by atoms with E-state index >= 15 is 0 Å². The first-order valence-electron chi connectivity index (χ1n) is 9.77. The smallest absolute Gasteiger partial charge is 0.317 e. The summed E-state index contributed by atoms with van der Waals surface area (Å²) in [4.78, 5) is 13.4. The molecule has 0 amide bonds. The summed E-state index contributed by atoms with van der Waals surface area (Å²) >= 11 is 0. The molecule has 2 unspecified atom stereocenters. The summed E-state index contributed by atoms with van der Waals surface area (Å²) in [5, 5.41) is 33.1. The Labute approximate surface area is 165 Å². The van der Waals surface area contributed by atoms with Crippen LogP contribution in [0.15, 0.2) is 48.5 Å². The van der Waals surface area contributed by atoms with Gasteiger partial charge < -0.3 is 20.6 Å². The zero-order valence-electron chi connectivity index (χ0n) is 15.9. The molecule has 0 radical (unpaired) electrons. The fourth-order valence-electron chi connectivity index (χ4n) is 4.02. The molecule has 0 aromatic heterocycles. The number of phenolic OH excluding ortho intramolecular Hbond substituents is 2. The highest BCUT2D eigenvalue weighted by Gasteiger charge is 2.31. The van der Waals surface area contributed by atoms with E-state index in [1.165, 1.54) is 0 Å². The van der Waals surface area contributed by atoms with Gasteiger partial charge in [-0.25, -0.2) is 0 Å². The Morgan fingerprint density at radius 3 is 2.21 bits per heavy atom. The first kappa shape index (κ1) is 20.2. The Hall–Kier alpha value is -2.57. The Balaban J connectivity index is 1.75. The maximum atomic E-state index is 11.5. The lowest BCUT2D eigenvalue weighted by Gasteiger charge is -2.40. The molecule has 1 saturated carbocycles. The number of benzene rings is 2. The number of carboxylic acid groups (broad SMARTS) is 1. The van der Waals surface area contributed by atoms with Gasteiger partial charge in [-0.2, -0.15) is 0 Å². The average Bonchev–Trinajstić information content (AvgIpc) is 2.68. The number of hydrogen-bond donors (Lipinski definition) is 4. The number of hydrogen-bond acceptors (Lipinski definition) is 5. The van der Waals surface area contributed by atoms with Gasteiger partial charge in [0.1, 0.15) is 11.5 Å². The Kier molecular flexibility index (Phi) is 6.90. The molecule has 6 heteroatoms. The van der Waals surface area contributed by atoms with Crippen molar-refractivity contribution in [3.63, 3.8) is 0 Å². The van der Waals surface area contributed by atoms with Crippen molar-refractivity contribution in [1.29, 1.82) is 0 Å². The standard InChI is InChI=1S/C22H28N2O4/c25-20-11-5-1-7-16(20)13-23-18-9-3-4-10-19(18)24(15-22(27)28)14-17-8-2-6-12-21(17)26/h1-2,5-8,11-12,18-19,23,25-26H,3-4,9-10,13-15H2,(H,27,28). The van der Waals surface area contributed by atoms with E-state index in [0.717, 1.165) is 36.8 Å². The average molecular weight is 384 g/mol. The van der Waals surface area contributed by atoms with E-state index < -0.39 is 5.97 Å². The molecule has 150 valence electrons. The molecule has 0 spiro atoms. The molecule has 1 fully saturated rings. The summed E-state index contributed by atoms with van der Waals surface area (Å²) in [6.45, 7) is 0.845. The predicted octanol–water partition coefficient (Wildman–Crippen LogP) is 3.09. The Morgan fingerprint density at radius 2 is 1.57 bits per heavy atom. The molecule has 1 aliphatic carbocycles. The summed E-state index contributed by atoms with van der Waals surface area (Å²) in [6, 6.07) is 14.5. The number of para-hydroxylation sites is 2. The third-order valence-electron chi connectivity index (χ3n) is 5.45. The van der Waals surface area contributed by atoms with Crippen LogP contribution in [0.3, 0.4) is 0 Å². The molecule has 1 aliphatic rings. The minimum atomic E-state index is -0.875. The van der Waals surface area contributed by atoms with Crippen LogP contribution in [-0.4, -0.2) is 44.8 Å². The predicted molar refractivity (Wildman–Crippen MR) is 107 cm³/mol. The minimum absolute atomic E-state index is 0.0512.